The Morgan fingerprint density at radius 1 is 0.594 bits per heavy atom. The summed E-state index contributed by atoms with van der Waals surface area (Å²) >= 11 is 0. The minimum absolute atomic E-state index is 0.229. The van der Waals surface area contributed by atoms with Gasteiger partial charge in [0.1, 0.15) is 17.2 Å². The first kappa shape index (κ1) is 21.5. The van der Waals surface area contributed by atoms with Crippen molar-refractivity contribution in [2.24, 2.45) is 0 Å². The van der Waals surface area contributed by atoms with Crippen LogP contribution in [0.15, 0.2) is 91.0 Å². The standard InChI is InChI=1S/C29H28O3/c1-3-20-6-17-28(22(18-20)19-21-4-11-25(30)12-5-21)29(2,23-7-13-26(31)14-8-23)24-9-15-27(32)16-10-24/h4-18,30-32H,3,19H2,1-2H3. The smallest absolute Gasteiger partial charge is 0.115 e. The predicted octanol–water partition coefficient (Wildman–Crippen LogP) is 6.31. The number of rotatable bonds is 6. The minimum atomic E-state index is -0.500. The lowest BCUT2D eigenvalue weighted by molar-refractivity contribution is 0.474. The van der Waals surface area contributed by atoms with Crippen molar-refractivity contribution in [1.29, 1.82) is 0 Å². The van der Waals surface area contributed by atoms with E-state index >= 15 is 0 Å². The van der Waals surface area contributed by atoms with Gasteiger partial charge in [-0.2, -0.15) is 0 Å². The first-order chi connectivity index (χ1) is 15.4. The number of hydrogen-bond acceptors (Lipinski definition) is 3. The van der Waals surface area contributed by atoms with Crippen molar-refractivity contribution in [3.05, 3.63) is 124 Å². The minimum Gasteiger partial charge on any atom is -0.508 e. The first-order valence-corrected chi connectivity index (χ1v) is 10.9. The van der Waals surface area contributed by atoms with Gasteiger partial charge in [0, 0.05) is 5.41 Å². The molecule has 0 saturated heterocycles. The van der Waals surface area contributed by atoms with Gasteiger partial charge in [-0.15, -0.1) is 0 Å². The van der Waals surface area contributed by atoms with Gasteiger partial charge in [0.15, 0.2) is 0 Å². The Kier molecular flexibility index (Phi) is 5.91. The van der Waals surface area contributed by atoms with Crippen molar-refractivity contribution in [1.82, 2.24) is 0 Å². The van der Waals surface area contributed by atoms with Crippen molar-refractivity contribution in [3.63, 3.8) is 0 Å². The van der Waals surface area contributed by atoms with Crippen LogP contribution in [-0.4, -0.2) is 15.3 Å². The zero-order valence-electron chi connectivity index (χ0n) is 18.4. The second-order valence-electron chi connectivity index (χ2n) is 8.41. The molecule has 4 aromatic carbocycles. The lowest BCUT2D eigenvalue weighted by Crippen LogP contribution is -2.27. The third-order valence-electron chi connectivity index (χ3n) is 6.34. The molecule has 0 radical (unpaired) electrons. The third-order valence-corrected chi connectivity index (χ3v) is 6.34. The van der Waals surface area contributed by atoms with E-state index in [4.69, 9.17) is 0 Å². The Labute approximate surface area is 189 Å². The summed E-state index contributed by atoms with van der Waals surface area (Å²) in [6.07, 6.45) is 1.67. The molecule has 32 heavy (non-hydrogen) atoms. The van der Waals surface area contributed by atoms with E-state index in [1.54, 1.807) is 36.4 Å². The number of phenols is 3. The van der Waals surface area contributed by atoms with E-state index < -0.39 is 5.41 Å². The van der Waals surface area contributed by atoms with Gasteiger partial charge in [0.2, 0.25) is 0 Å². The van der Waals surface area contributed by atoms with Gasteiger partial charge in [-0.1, -0.05) is 61.5 Å². The Hall–Kier alpha value is -3.72. The predicted molar refractivity (Wildman–Crippen MR) is 129 cm³/mol. The van der Waals surface area contributed by atoms with Crippen LogP contribution in [0, 0.1) is 0 Å². The molecule has 0 spiro atoms. The normalized spacial score (nSPS) is 11.4. The summed E-state index contributed by atoms with van der Waals surface area (Å²) in [6.45, 7) is 4.34. The zero-order valence-corrected chi connectivity index (χ0v) is 18.4. The van der Waals surface area contributed by atoms with Gasteiger partial charge in [-0.25, -0.2) is 0 Å². The van der Waals surface area contributed by atoms with Crippen molar-refractivity contribution in [2.45, 2.75) is 32.1 Å². The molecule has 0 aromatic heterocycles. The van der Waals surface area contributed by atoms with E-state index in [1.165, 1.54) is 16.7 Å². The molecule has 0 atom stereocenters. The fourth-order valence-corrected chi connectivity index (χ4v) is 4.40. The molecule has 3 N–H and O–H groups in total. The molecule has 4 aromatic rings. The molecule has 3 nitrogen and oxygen atoms in total. The van der Waals surface area contributed by atoms with Crippen molar-refractivity contribution in [3.8, 4) is 17.2 Å². The zero-order chi connectivity index (χ0) is 22.7. The van der Waals surface area contributed by atoms with Crippen LogP contribution < -0.4 is 0 Å². The highest BCUT2D eigenvalue weighted by molar-refractivity contribution is 5.55. The second-order valence-corrected chi connectivity index (χ2v) is 8.41. The topological polar surface area (TPSA) is 60.7 Å². The number of benzene rings is 4. The van der Waals surface area contributed by atoms with Gasteiger partial charge in [0.25, 0.3) is 0 Å². The van der Waals surface area contributed by atoms with E-state index in [-0.39, 0.29) is 17.2 Å². The van der Waals surface area contributed by atoms with E-state index in [0.29, 0.717) is 0 Å². The Morgan fingerprint density at radius 2 is 1.03 bits per heavy atom. The summed E-state index contributed by atoms with van der Waals surface area (Å²) in [4.78, 5) is 0. The van der Waals surface area contributed by atoms with E-state index in [9.17, 15) is 15.3 Å². The maximum absolute atomic E-state index is 9.89. The average molecular weight is 425 g/mol. The summed E-state index contributed by atoms with van der Waals surface area (Å²) in [5, 5.41) is 29.5. The maximum atomic E-state index is 9.89. The van der Waals surface area contributed by atoms with Gasteiger partial charge in [-0.3, -0.25) is 0 Å². The number of hydrogen-bond donors (Lipinski definition) is 3. The van der Waals surface area contributed by atoms with E-state index in [2.05, 4.69) is 32.0 Å². The monoisotopic (exact) mass is 424 g/mol. The van der Waals surface area contributed by atoms with Gasteiger partial charge in [0.05, 0.1) is 0 Å². The molecule has 0 aliphatic carbocycles. The highest BCUT2D eigenvalue weighted by Gasteiger charge is 2.33. The van der Waals surface area contributed by atoms with Crippen LogP contribution in [0.5, 0.6) is 17.2 Å². The van der Waals surface area contributed by atoms with Crippen LogP contribution in [0.25, 0.3) is 0 Å². The number of phenolic OH excluding ortho intramolecular Hbond substituents is 3. The molecule has 0 fully saturated rings. The summed E-state index contributed by atoms with van der Waals surface area (Å²) in [5.74, 6) is 0.717. The molecule has 0 saturated carbocycles. The molecular weight excluding hydrogens is 396 g/mol. The SMILES string of the molecule is CCc1ccc(C(C)(c2ccc(O)cc2)c2ccc(O)cc2)c(Cc2ccc(O)cc2)c1. The van der Waals surface area contributed by atoms with E-state index in [0.717, 1.165) is 29.5 Å². The second kappa shape index (κ2) is 8.80. The van der Waals surface area contributed by atoms with Crippen LogP contribution in [0.1, 0.15) is 47.2 Å². The molecule has 3 heteroatoms. The molecule has 0 unspecified atom stereocenters. The maximum Gasteiger partial charge on any atom is 0.115 e. The molecule has 0 heterocycles. The van der Waals surface area contributed by atoms with Crippen LogP contribution in [0.4, 0.5) is 0 Å². The van der Waals surface area contributed by atoms with Crippen molar-refractivity contribution >= 4 is 0 Å². The summed E-state index contributed by atoms with van der Waals surface area (Å²) in [6, 6.07) is 28.7. The Morgan fingerprint density at radius 3 is 1.50 bits per heavy atom. The van der Waals surface area contributed by atoms with Crippen molar-refractivity contribution < 1.29 is 15.3 Å². The molecule has 0 aliphatic heterocycles. The average Bonchev–Trinajstić information content (AvgIpc) is 2.81. The highest BCUT2D eigenvalue weighted by Crippen LogP contribution is 2.42. The Bertz CT molecular complexity index is 1150. The van der Waals surface area contributed by atoms with Crippen LogP contribution in [0.2, 0.25) is 0 Å². The summed E-state index contributed by atoms with van der Waals surface area (Å²) in [5.41, 5.74) is 6.37. The molecule has 162 valence electrons. The molecular formula is C29H28O3. The van der Waals surface area contributed by atoms with Crippen LogP contribution in [0.3, 0.4) is 0 Å². The van der Waals surface area contributed by atoms with Gasteiger partial charge >= 0.3 is 0 Å². The summed E-state index contributed by atoms with van der Waals surface area (Å²) in [7, 11) is 0. The molecule has 0 amide bonds. The van der Waals surface area contributed by atoms with Gasteiger partial charge in [-0.05, 0) is 89.5 Å². The molecule has 0 bridgehead atoms. The molecule has 4 rings (SSSR count). The first-order valence-electron chi connectivity index (χ1n) is 10.9. The fourth-order valence-electron chi connectivity index (χ4n) is 4.40. The largest absolute Gasteiger partial charge is 0.508 e. The number of aromatic hydroxyl groups is 3. The van der Waals surface area contributed by atoms with Crippen molar-refractivity contribution in [2.75, 3.05) is 0 Å². The Balaban J connectivity index is 1.93. The third kappa shape index (κ3) is 4.19. The van der Waals surface area contributed by atoms with E-state index in [1.807, 2.05) is 36.4 Å². The van der Waals surface area contributed by atoms with Crippen LogP contribution >= 0.6 is 0 Å². The lowest BCUT2D eigenvalue weighted by atomic mass is 9.69. The molecule has 0 aliphatic rings. The van der Waals surface area contributed by atoms with Crippen LogP contribution in [-0.2, 0) is 18.3 Å². The quantitative estimate of drug-likeness (QED) is 0.318. The number of aryl methyl sites for hydroxylation is 1. The van der Waals surface area contributed by atoms with Gasteiger partial charge < -0.3 is 15.3 Å². The summed E-state index contributed by atoms with van der Waals surface area (Å²) < 4.78 is 0. The lowest BCUT2D eigenvalue weighted by Gasteiger charge is -2.34. The fraction of sp³-hybridized carbons (Fsp3) is 0.172. The highest BCUT2D eigenvalue weighted by atomic mass is 16.3.